The van der Waals surface area contributed by atoms with Gasteiger partial charge in [-0.15, -0.1) is 0 Å². The molecule has 1 unspecified atom stereocenters. The molecule has 0 spiro atoms. The zero-order valence-corrected chi connectivity index (χ0v) is 12.1. The van der Waals surface area contributed by atoms with E-state index >= 15 is 0 Å². The maximum atomic E-state index is 12.5. The third kappa shape index (κ3) is 2.29. The fourth-order valence-corrected chi connectivity index (χ4v) is 2.22. The molecule has 1 amide bonds. The Balaban J connectivity index is 2.59. The number of ether oxygens (including phenoxy) is 1. The van der Waals surface area contributed by atoms with Crippen LogP contribution in [0.2, 0.25) is 0 Å². The van der Waals surface area contributed by atoms with Crippen LogP contribution in [0.3, 0.4) is 0 Å². The lowest BCUT2D eigenvalue weighted by atomic mass is 10.00. The van der Waals surface area contributed by atoms with Crippen LogP contribution in [0.25, 0.3) is 0 Å². The van der Waals surface area contributed by atoms with Crippen molar-refractivity contribution in [3.8, 4) is 5.75 Å². The van der Waals surface area contributed by atoms with E-state index in [-0.39, 0.29) is 18.3 Å². The Hall–Kier alpha value is -1.88. The van der Waals surface area contributed by atoms with Gasteiger partial charge in [-0.05, 0) is 45.4 Å². The number of Topliss-reactive ketones (excluding diaryl/α,β-unsaturated/α-hetero) is 1. The summed E-state index contributed by atoms with van der Waals surface area (Å²) < 4.78 is 5.71. The minimum atomic E-state index is -1.02. The SMILES string of the molecule is CC(=O)C(C)N1C(=O)C(C)(C)Oc2ccc(CO)cc21. The van der Waals surface area contributed by atoms with Gasteiger partial charge in [0.05, 0.1) is 18.3 Å². The highest BCUT2D eigenvalue weighted by atomic mass is 16.5. The van der Waals surface area contributed by atoms with Gasteiger partial charge in [0.2, 0.25) is 0 Å². The summed E-state index contributed by atoms with van der Waals surface area (Å²) >= 11 is 0. The van der Waals surface area contributed by atoms with Crippen LogP contribution < -0.4 is 9.64 Å². The smallest absolute Gasteiger partial charge is 0.271 e. The van der Waals surface area contributed by atoms with Crippen LogP contribution in [0.5, 0.6) is 5.75 Å². The Labute approximate surface area is 118 Å². The van der Waals surface area contributed by atoms with E-state index in [0.29, 0.717) is 17.0 Å². The average molecular weight is 277 g/mol. The number of hydrogen-bond donors (Lipinski definition) is 1. The average Bonchev–Trinajstić information content (AvgIpc) is 2.38. The third-order valence-corrected chi connectivity index (χ3v) is 3.54. The van der Waals surface area contributed by atoms with Crippen molar-refractivity contribution in [3.05, 3.63) is 23.8 Å². The summed E-state index contributed by atoms with van der Waals surface area (Å²) in [6, 6.07) is 4.57. The summed E-state index contributed by atoms with van der Waals surface area (Å²) in [5.41, 5.74) is 0.182. The van der Waals surface area contributed by atoms with Crippen molar-refractivity contribution in [2.75, 3.05) is 4.90 Å². The number of anilines is 1. The van der Waals surface area contributed by atoms with Gasteiger partial charge in [0, 0.05) is 0 Å². The number of nitrogens with zero attached hydrogens (tertiary/aromatic N) is 1. The molecule has 0 fully saturated rings. The quantitative estimate of drug-likeness (QED) is 0.912. The van der Waals surface area contributed by atoms with Crippen LogP contribution in [-0.4, -0.2) is 28.4 Å². The molecule has 0 bridgehead atoms. The number of hydrogen-bond acceptors (Lipinski definition) is 4. The first-order chi connectivity index (χ1) is 9.27. The van der Waals surface area contributed by atoms with Gasteiger partial charge >= 0.3 is 0 Å². The fraction of sp³-hybridized carbons (Fsp3) is 0.467. The minimum absolute atomic E-state index is 0.101. The predicted molar refractivity (Wildman–Crippen MR) is 74.7 cm³/mol. The molecule has 0 radical (unpaired) electrons. The van der Waals surface area contributed by atoms with Crippen molar-refractivity contribution in [1.29, 1.82) is 0 Å². The number of fused-ring (bicyclic) bond motifs is 1. The van der Waals surface area contributed by atoms with Crippen LogP contribution in [0.4, 0.5) is 5.69 Å². The van der Waals surface area contributed by atoms with E-state index in [1.165, 1.54) is 11.8 Å². The number of benzene rings is 1. The normalized spacial score (nSPS) is 18.2. The molecule has 1 aromatic rings. The van der Waals surface area contributed by atoms with Crippen LogP contribution >= 0.6 is 0 Å². The second-order valence-corrected chi connectivity index (χ2v) is 5.53. The third-order valence-electron chi connectivity index (χ3n) is 3.54. The van der Waals surface area contributed by atoms with Crippen molar-refractivity contribution >= 4 is 17.4 Å². The summed E-state index contributed by atoms with van der Waals surface area (Å²) in [6.45, 7) is 6.37. The van der Waals surface area contributed by atoms with Crippen LogP contribution in [0.15, 0.2) is 18.2 Å². The summed E-state index contributed by atoms with van der Waals surface area (Å²) in [4.78, 5) is 25.7. The summed E-state index contributed by atoms with van der Waals surface area (Å²) in [7, 11) is 0. The Morgan fingerprint density at radius 3 is 2.65 bits per heavy atom. The molecular formula is C15H19NO4. The highest BCUT2D eigenvalue weighted by molar-refractivity contribution is 6.07. The molecule has 108 valence electrons. The van der Waals surface area contributed by atoms with Gasteiger partial charge in [0.15, 0.2) is 11.4 Å². The first-order valence-corrected chi connectivity index (χ1v) is 6.55. The second kappa shape index (κ2) is 4.90. The summed E-state index contributed by atoms with van der Waals surface area (Å²) in [6.07, 6.45) is 0. The topological polar surface area (TPSA) is 66.8 Å². The number of carbonyl (C=O) groups is 2. The van der Waals surface area contributed by atoms with Crippen molar-refractivity contribution in [2.24, 2.45) is 0 Å². The largest absolute Gasteiger partial charge is 0.476 e. The van der Waals surface area contributed by atoms with Crippen LogP contribution in [0, 0.1) is 0 Å². The molecule has 20 heavy (non-hydrogen) atoms. The molecular weight excluding hydrogens is 258 g/mol. The molecule has 5 heteroatoms. The Bertz CT molecular complexity index is 565. The Kier molecular flexibility index (Phi) is 3.56. The monoisotopic (exact) mass is 277 g/mol. The van der Waals surface area contributed by atoms with E-state index in [1.54, 1.807) is 39.0 Å². The zero-order chi connectivity index (χ0) is 15.1. The molecule has 1 aliphatic rings. The van der Waals surface area contributed by atoms with Gasteiger partial charge in [-0.3, -0.25) is 14.5 Å². The Morgan fingerprint density at radius 2 is 2.10 bits per heavy atom. The van der Waals surface area contributed by atoms with E-state index in [4.69, 9.17) is 4.74 Å². The molecule has 1 aliphatic heterocycles. The molecule has 0 aromatic heterocycles. The Morgan fingerprint density at radius 1 is 1.45 bits per heavy atom. The first-order valence-electron chi connectivity index (χ1n) is 6.55. The lowest BCUT2D eigenvalue weighted by Crippen LogP contribution is -2.56. The van der Waals surface area contributed by atoms with Crippen LogP contribution in [-0.2, 0) is 16.2 Å². The summed E-state index contributed by atoms with van der Waals surface area (Å²) in [5.74, 6) is 0.180. The van der Waals surface area contributed by atoms with Crippen LogP contribution in [0.1, 0.15) is 33.3 Å². The molecule has 0 aliphatic carbocycles. The van der Waals surface area contributed by atoms with E-state index in [2.05, 4.69) is 0 Å². The van der Waals surface area contributed by atoms with E-state index in [0.717, 1.165) is 0 Å². The summed E-state index contributed by atoms with van der Waals surface area (Å²) in [5, 5.41) is 9.23. The van der Waals surface area contributed by atoms with Crippen molar-refractivity contribution in [3.63, 3.8) is 0 Å². The highest BCUT2D eigenvalue weighted by Crippen LogP contribution is 2.39. The van der Waals surface area contributed by atoms with Crippen molar-refractivity contribution < 1.29 is 19.4 Å². The number of amides is 1. The molecule has 1 N–H and O–H groups in total. The zero-order valence-electron chi connectivity index (χ0n) is 12.1. The number of rotatable bonds is 3. The first kappa shape index (κ1) is 14.5. The lowest BCUT2D eigenvalue weighted by molar-refractivity contribution is -0.134. The minimum Gasteiger partial charge on any atom is -0.476 e. The van der Waals surface area contributed by atoms with Gasteiger partial charge in [0.25, 0.3) is 5.91 Å². The molecule has 1 aromatic carbocycles. The van der Waals surface area contributed by atoms with E-state index in [9.17, 15) is 14.7 Å². The molecule has 0 saturated carbocycles. The standard InChI is InChI=1S/C15H19NO4/c1-9(10(2)18)16-12-7-11(8-17)5-6-13(12)20-15(3,4)14(16)19/h5-7,9,17H,8H2,1-4H3. The van der Waals surface area contributed by atoms with Gasteiger partial charge < -0.3 is 9.84 Å². The lowest BCUT2D eigenvalue weighted by Gasteiger charge is -2.41. The predicted octanol–water partition coefficient (Wildman–Crippen LogP) is 1.66. The number of aliphatic hydroxyl groups excluding tert-OH is 1. The maximum absolute atomic E-state index is 12.5. The molecule has 2 rings (SSSR count). The number of ketones is 1. The highest BCUT2D eigenvalue weighted by Gasteiger charge is 2.43. The van der Waals surface area contributed by atoms with Gasteiger partial charge in [0.1, 0.15) is 5.75 Å². The van der Waals surface area contributed by atoms with Crippen molar-refractivity contribution in [2.45, 2.75) is 45.9 Å². The van der Waals surface area contributed by atoms with E-state index < -0.39 is 11.6 Å². The fourth-order valence-electron chi connectivity index (χ4n) is 2.22. The van der Waals surface area contributed by atoms with Crippen molar-refractivity contribution in [1.82, 2.24) is 0 Å². The molecule has 1 heterocycles. The van der Waals surface area contributed by atoms with Gasteiger partial charge in [-0.2, -0.15) is 0 Å². The van der Waals surface area contributed by atoms with Gasteiger partial charge in [-0.1, -0.05) is 6.07 Å². The molecule has 0 saturated heterocycles. The second-order valence-electron chi connectivity index (χ2n) is 5.53. The van der Waals surface area contributed by atoms with Gasteiger partial charge in [-0.25, -0.2) is 0 Å². The molecule has 5 nitrogen and oxygen atoms in total. The number of carbonyl (C=O) groups excluding carboxylic acids is 2. The maximum Gasteiger partial charge on any atom is 0.271 e. The number of aliphatic hydroxyl groups is 1. The van der Waals surface area contributed by atoms with E-state index in [1.807, 2.05) is 0 Å². The molecule has 1 atom stereocenters.